The molecular formula is C25H20Br2ClP. The first kappa shape index (κ1) is 22.2. The third-order valence-corrected chi connectivity index (χ3v) is 10.4. The molecule has 0 bridgehead atoms. The van der Waals surface area contributed by atoms with Crippen LogP contribution in [0, 0.1) is 0 Å². The maximum absolute atomic E-state index is 6.38. The molecule has 0 aliphatic heterocycles. The zero-order valence-electron chi connectivity index (χ0n) is 15.7. The van der Waals surface area contributed by atoms with E-state index in [9.17, 15) is 0 Å². The van der Waals surface area contributed by atoms with Crippen LogP contribution in [-0.4, -0.2) is 0 Å². The molecule has 0 N–H and O–H groups in total. The lowest BCUT2D eigenvalue weighted by molar-refractivity contribution is -0.00000522. The molecule has 0 unspecified atom stereocenters. The van der Waals surface area contributed by atoms with Crippen LogP contribution in [0.15, 0.2) is 114 Å². The molecule has 0 amide bonds. The summed E-state index contributed by atoms with van der Waals surface area (Å²) in [5.41, 5.74) is 1.23. The lowest BCUT2D eigenvalue weighted by Crippen LogP contribution is -3.00. The van der Waals surface area contributed by atoms with E-state index in [1.165, 1.54) is 21.5 Å². The Labute approximate surface area is 197 Å². The molecule has 4 aromatic rings. The predicted molar refractivity (Wildman–Crippen MR) is 128 cm³/mol. The monoisotopic (exact) mass is 544 g/mol. The van der Waals surface area contributed by atoms with Crippen LogP contribution in [0.25, 0.3) is 0 Å². The first-order valence-electron chi connectivity index (χ1n) is 9.19. The van der Waals surface area contributed by atoms with Crippen LogP contribution in [0.1, 0.15) is 5.56 Å². The SMILES string of the molecule is Clc1ccc(Br)c(C[P+](c2ccccc2)(c2ccccc2)c2ccccc2)c1.[Br-]. The van der Waals surface area contributed by atoms with E-state index in [0.717, 1.165) is 15.7 Å². The van der Waals surface area contributed by atoms with Crippen molar-refractivity contribution in [3.63, 3.8) is 0 Å². The maximum Gasteiger partial charge on any atom is 0.116 e. The van der Waals surface area contributed by atoms with Crippen molar-refractivity contribution in [2.24, 2.45) is 0 Å². The standard InChI is InChI=1S/C25H20BrClP.BrH/c26-25-17-16-21(27)18-20(25)19-28(22-10-4-1-5-11-22,23-12-6-2-7-13-23)24-14-8-3-9-15-24;/h1-18H,19H2;1H/q+1;/p-1. The average Bonchev–Trinajstić information content (AvgIpc) is 2.76. The van der Waals surface area contributed by atoms with Gasteiger partial charge in [-0.1, -0.05) is 82.1 Å². The summed E-state index contributed by atoms with van der Waals surface area (Å²) < 4.78 is 1.10. The highest BCUT2D eigenvalue weighted by Gasteiger charge is 2.45. The van der Waals surface area contributed by atoms with Gasteiger partial charge < -0.3 is 17.0 Å². The minimum atomic E-state index is -1.91. The van der Waals surface area contributed by atoms with Crippen molar-refractivity contribution in [3.8, 4) is 0 Å². The topological polar surface area (TPSA) is 0 Å². The zero-order valence-corrected chi connectivity index (χ0v) is 20.5. The normalized spacial score (nSPS) is 11.0. The second-order valence-electron chi connectivity index (χ2n) is 6.71. The van der Waals surface area contributed by atoms with Crippen LogP contribution in [0.5, 0.6) is 0 Å². The average molecular weight is 547 g/mol. The summed E-state index contributed by atoms with van der Waals surface area (Å²) in [4.78, 5) is 0. The van der Waals surface area contributed by atoms with Gasteiger partial charge in [0.25, 0.3) is 0 Å². The second-order valence-corrected chi connectivity index (χ2v) is 11.5. The Bertz CT molecular complexity index is 957. The van der Waals surface area contributed by atoms with Crippen molar-refractivity contribution in [2.75, 3.05) is 0 Å². The highest BCUT2D eigenvalue weighted by Crippen LogP contribution is 2.58. The first-order chi connectivity index (χ1) is 13.7. The van der Waals surface area contributed by atoms with Gasteiger partial charge in [-0.05, 0) is 54.6 Å². The largest absolute Gasteiger partial charge is 1.00 e. The predicted octanol–water partition coefficient (Wildman–Crippen LogP) is 3.60. The fraction of sp³-hybridized carbons (Fsp3) is 0.0400. The van der Waals surface area contributed by atoms with Crippen molar-refractivity contribution in [3.05, 3.63) is 124 Å². The summed E-state index contributed by atoms with van der Waals surface area (Å²) in [5.74, 6) is 0. The molecule has 0 radical (unpaired) electrons. The molecule has 0 saturated carbocycles. The van der Waals surface area contributed by atoms with Gasteiger partial charge in [-0.25, -0.2) is 0 Å². The molecule has 29 heavy (non-hydrogen) atoms. The zero-order chi connectivity index (χ0) is 19.4. The molecule has 0 spiro atoms. The van der Waals surface area contributed by atoms with Gasteiger partial charge in [0.2, 0.25) is 0 Å². The molecule has 0 atom stereocenters. The van der Waals surface area contributed by atoms with Gasteiger partial charge in [-0.3, -0.25) is 0 Å². The van der Waals surface area contributed by atoms with Crippen LogP contribution in [-0.2, 0) is 6.16 Å². The van der Waals surface area contributed by atoms with Crippen LogP contribution in [0.3, 0.4) is 0 Å². The Kier molecular flexibility index (Phi) is 7.71. The van der Waals surface area contributed by atoms with Crippen LogP contribution in [0.4, 0.5) is 0 Å². The Morgan fingerprint density at radius 3 is 1.45 bits per heavy atom. The van der Waals surface area contributed by atoms with Gasteiger partial charge in [-0.15, -0.1) is 0 Å². The lowest BCUT2D eigenvalue weighted by atomic mass is 10.2. The van der Waals surface area contributed by atoms with Crippen molar-refractivity contribution < 1.29 is 17.0 Å². The number of benzene rings is 4. The van der Waals surface area contributed by atoms with Crippen LogP contribution < -0.4 is 32.9 Å². The molecule has 4 heteroatoms. The lowest BCUT2D eigenvalue weighted by Gasteiger charge is -2.28. The fourth-order valence-electron chi connectivity index (χ4n) is 3.69. The van der Waals surface area contributed by atoms with E-state index in [-0.39, 0.29) is 17.0 Å². The summed E-state index contributed by atoms with van der Waals surface area (Å²) >= 11 is 10.1. The molecule has 4 aromatic carbocycles. The van der Waals surface area contributed by atoms with Crippen molar-refractivity contribution >= 4 is 50.7 Å². The number of rotatable bonds is 5. The number of halogens is 3. The van der Waals surface area contributed by atoms with E-state index in [1.807, 2.05) is 12.1 Å². The van der Waals surface area contributed by atoms with Gasteiger partial charge in [0.15, 0.2) is 0 Å². The van der Waals surface area contributed by atoms with Gasteiger partial charge in [0.1, 0.15) is 23.2 Å². The van der Waals surface area contributed by atoms with Crippen LogP contribution >= 0.6 is 34.8 Å². The van der Waals surface area contributed by atoms with E-state index < -0.39 is 7.26 Å². The van der Waals surface area contributed by atoms with E-state index in [2.05, 4.69) is 113 Å². The Hall–Kier alpha value is -1.44. The van der Waals surface area contributed by atoms with E-state index in [1.54, 1.807) is 0 Å². The Morgan fingerprint density at radius 2 is 1.03 bits per heavy atom. The number of hydrogen-bond acceptors (Lipinski definition) is 0. The third kappa shape index (κ3) is 4.67. The van der Waals surface area contributed by atoms with Crippen LogP contribution in [0.2, 0.25) is 5.02 Å². The second kappa shape index (κ2) is 10.0. The van der Waals surface area contributed by atoms with Gasteiger partial charge in [0.05, 0.1) is 6.16 Å². The summed E-state index contributed by atoms with van der Waals surface area (Å²) in [6, 6.07) is 38.8. The van der Waals surface area contributed by atoms with E-state index >= 15 is 0 Å². The highest BCUT2D eigenvalue weighted by atomic mass is 79.9. The summed E-state index contributed by atoms with van der Waals surface area (Å²) in [6.07, 6.45) is 0.909. The third-order valence-electron chi connectivity index (χ3n) is 5.01. The molecule has 146 valence electrons. The van der Waals surface area contributed by atoms with Crippen molar-refractivity contribution in [1.82, 2.24) is 0 Å². The first-order valence-corrected chi connectivity index (χ1v) is 12.3. The molecule has 4 rings (SSSR count). The molecule has 0 aliphatic rings. The van der Waals surface area contributed by atoms with E-state index in [4.69, 9.17) is 11.6 Å². The minimum absolute atomic E-state index is 0. The molecular weight excluding hydrogens is 527 g/mol. The smallest absolute Gasteiger partial charge is 0.116 e. The summed E-state index contributed by atoms with van der Waals surface area (Å²) in [5, 5.41) is 4.89. The highest BCUT2D eigenvalue weighted by molar-refractivity contribution is 9.10. The quantitative estimate of drug-likeness (QED) is 0.336. The fourth-order valence-corrected chi connectivity index (χ4v) is 8.74. The molecule has 0 saturated heterocycles. The summed E-state index contributed by atoms with van der Waals surface area (Å²) in [6.45, 7) is 0. The molecule has 0 fully saturated rings. The van der Waals surface area contributed by atoms with Crippen molar-refractivity contribution in [2.45, 2.75) is 6.16 Å². The number of hydrogen-bond donors (Lipinski definition) is 0. The minimum Gasteiger partial charge on any atom is -1.00 e. The summed E-state index contributed by atoms with van der Waals surface area (Å²) in [7, 11) is -1.91. The molecule has 0 nitrogen and oxygen atoms in total. The Morgan fingerprint density at radius 1 is 0.621 bits per heavy atom. The van der Waals surface area contributed by atoms with Gasteiger partial charge in [0, 0.05) is 15.1 Å². The van der Waals surface area contributed by atoms with E-state index in [0.29, 0.717) is 0 Å². The van der Waals surface area contributed by atoms with Crippen molar-refractivity contribution in [1.29, 1.82) is 0 Å². The molecule has 0 aliphatic carbocycles. The Balaban J connectivity index is 0.00000240. The van der Waals surface area contributed by atoms with Gasteiger partial charge >= 0.3 is 0 Å². The van der Waals surface area contributed by atoms with Gasteiger partial charge in [-0.2, -0.15) is 0 Å². The molecule has 0 heterocycles. The maximum atomic E-state index is 6.38. The molecule has 0 aromatic heterocycles.